The van der Waals surface area contributed by atoms with E-state index in [1.165, 1.54) is 6.08 Å². The predicted molar refractivity (Wildman–Crippen MR) is 48.0 cm³/mol. The highest BCUT2D eigenvalue weighted by molar-refractivity contribution is 5.92. The summed E-state index contributed by atoms with van der Waals surface area (Å²) in [5.41, 5.74) is 0.0133. The Labute approximate surface area is 75.7 Å². The topological polar surface area (TPSA) is 12.4 Å². The van der Waals surface area contributed by atoms with Gasteiger partial charge in [-0.3, -0.25) is 4.99 Å². The zero-order valence-electron chi connectivity index (χ0n) is 7.65. The highest BCUT2D eigenvalue weighted by Crippen LogP contribution is 2.24. The summed E-state index contributed by atoms with van der Waals surface area (Å²) in [7, 11) is 0. The third-order valence-corrected chi connectivity index (χ3v) is 1.48. The van der Waals surface area contributed by atoms with E-state index in [1.807, 2.05) is 0 Å². The van der Waals surface area contributed by atoms with Gasteiger partial charge in [-0.1, -0.05) is 12.7 Å². The molecule has 1 nitrogen and oxygen atoms in total. The lowest BCUT2D eigenvalue weighted by Crippen LogP contribution is -2.09. The van der Waals surface area contributed by atoms with Crippen LogP contribution in [-0.4, -0.2) is 18.4 Å². The van der Waals surface area contributed by atoms with Gasteiger partial charge >= 0.3 is 6.18 Å². The molecule has 0 aliphatic rings. The van der Waals surface area contributed by atoms with Gasteiger partial charge in [0.2, 0.25) is 0 Å². The summed E-state index contributed by atoms with van der Waals surface area (Å²) in [6.45, 7) is 6.19. The lowest BCUT2D eigenvalue weighted by atomic mass is 10.3. The minimum absolute atomic E-state index is 0.0448. The largest absolute Gasteiger partial charge is 0.412 e. The van der Waals surface area contributed by atoms with Crippen molar-refractivity contribution >= 4 is 5.71 Å². The van der Waals surface area contributed by atoms with E-state index in [1.54, 1.807) is 6.92 Å². The first-order valence-electron chi connectivity index (χ1n) is 3.75. The molecule has 0 atom stereocenters. The van der Waals surface area contributed by atoms with Crippen molar-refractivity contribution in [2.24, 2.45) is 4.99 Å². The summed E-state index contributed by atoms with van der Waals surface area (Å²) in [5.74, 6) is 0. The van der Waals surface area contributed by atoms with Crippen molar-refractivity contribution in [3.8, 4) is 0 Å². The third kappa shape index (κ3) is 5.22. The molecule has 0 spiro atoms. The molecule has 0 saturated carbocycles. The zero-order valence-corrected chi connectivity index (χ0v) is 7.65. The first-order chi connectivity index (χ1) is 5.88. The highest BCUT2D eigenvalue weighted by atomic mass is 19.4. The van der Waals surface area contributed by atoms with Crippen LogP contribution in [-0.2, 0) is 0 Å². The molecule has 0 fully saturated rings. The van der Waals surface area contributed by atoms with Crippen LogP contribution in [0.1, 0.15) is 13.8 Å². The summed E-state index contributed by atoms with van der Waals surface area (Å²) in [6.07, 6.45) is -1.69. The zero-order chi connectivity index (χ0) is 10.5. The molecule has 0 amide bonds. The molecule has 0 N–H and O–H groups in total. The first-order valence-corrected chi connectivity index (χ1v) is 3.75. The van der Waals surface area contributed by atoms with Gasteiger partial charge in [-0.2, -0.15) is 13.2 Å². The molecule has 0 bridgehead atoms. The van der Waals surface area contributed by atoms with Crippen LogP contribution in [0.3, 0.4) is 0 Å². The monoisotopic (exact) mass is 191 g/mol. The van der Waals surface area contributed by atoms with Gasteiger partial charge in [0, 0.05) is 11.3 Å². The van der Waals surface area contributed by atoms with Crippen LogP contribution >= 0.6 is 0 Å². The molecule has 0 radical (unpaired) electrons. The second-order valence-electron chi connectivity index (χ2n) is 2.57. The van der Waals surface area contributed by atoms with Crippen molar-refractivity contribution in [3.05, 3.63) is 24.3 Å². The molecule has 0 aliphatic carbocycles. The van der Waals surface area contributed by atoms with Crippen LogP contribution in [0.2, 0.25) is 0 Å². The predicted octanol–water partition coefficient (Wildman–Crippen LogP) is 3.14. The maximum atomic E-state index is 11.9. The molecule has 74 valence electrons. The van der Waals surface area contributed by atoms with Crippen molar-refractivity contribution in [3.63, 3.8) is 0 Å². The van der Waals surface area contributed by atoms with Gasteiger partial charge in [0.1, 0.15) is 0 Å². The summed E-state index contributed by atoms with van der Waals surface area (Å²) < 4.78 is 35.8. The average molecular weight is 191 g/mol. The number of allylic oxidation sites excluding steroid dienone is 2. The molecule has 0 aromatic carbocycles. The quantitative estimate of drug-likeness (QED) is 0.480. The van der Waals surface area contributed by atoms with Crippen molar-refractivity contribution < 1.29 is 13.2 Å². The molecule has 13 heavy (non-hydrogen) atoms. The molecule has 0 saturated heterocycles. The van der Waals surface area contributed by atoms with E-state index in [2.05, 4.69) is 11.6 Å². The van der Waals surface area contributed by atoms with E-state index in [-0.39, 0.29) is 6.54 Å². The SMILES string of the molecule is C=CC(C)=NC/C=C(\C)C(F)(F)F. The van der Waals surface area contributed by atoms with Crippen LogP contribution in [0.4, 0.5) is 13.2 Å². The second kappa shape index (κ2) is 4.84. The molecule has 0 aromatic rings. The maximum Gasteiger partial charge on any atom is 0.412 e. The third-order valence-electron chi connectivity index (χ3n) is 1.48. The fourth-order valence-electron chi connectivity index (χ4n) is 0.507. The Bertz CT molecular complexity index is 236. The molecule has 0 heterocycles. The maximum absolute atomic E-state index is 11.9. The Morgan fingerprint density at radius 2 is 1.92 bits per heavy atom. The molecule has 0 aliphatic heterocycles. The van der Waals surface area contributed by atoms with E-state index >= 15 is 0 Å². The molecule has 0 unspecified atom stereocenters. The van der Waals surface area contributed by atoms with Gasteiger partial charge in [-0.15, -0.1) is 0 Å². The standard InChI is InChI=1S/C9H12F3N/c1-4-8(3)13-6-5-7(2)9(10,11)12/h4-5H,1,6H2,2-3H3/b7-5+,13-8?. The van der Waals surface area contributed by atoms with E-state index in [0.717, 1.165) is 13.0 Å². The Morgan fingerprint density at radius 1 is 1.38 bits per heavy atom. The first kappa shape index (κ1) is 11.9. The number of hydrogen-bond acceptors (Lipinski definition) is 1. The van der Waals surface area contributed by atoms with Gasteiger partial charge in [-0.05, 0) is 19.9 Å². The van der Waals surface area contributed by atoms with E-state index in [9.17, 15) is 13.2 Å². The smallest absolute Gasteiger partial charge is 0.286 e. The van der Waals surface area contributed by atoms with Crippen LogP contribution in [0.25, 0.3) is 0 Å². The van der Waals surface area contributed by atoms with Crippen molar-refractivity contribution in [2.75, 3.05) is 6.54 Å². The second-order valence-corrected chi connectivity index (χ2v) is 2.57. The van der Waals surface area contributed by atoms with Gasteiger partial charge in [0.15, 0.2) is 0 Å². The van der Waals surface area contributed by atoms with Crippen LogP contribution in [0.15, 0.2) is 29.3 Å². The fraction of sp³-hybridized carbons (Fsp3) is 0.444. The number of alkyl halides is 3. The van der Waals surface area contributed by atoms with Crippen LogP contribution < -0.4 is 0 Å². The van der Waals surface area contributed by atoms with Gasteiger partial charge in [0.05, 0.1) is 6.54 Å². The lowest BCUT2D eigenvalue weighted by Gasteiger charge is -2.04. The van der Waals surface area contributed by atoms with Crippen LogP contribution in [0, 0.1) is 0 Å². The fourth-order valence-corrected chi connectivity index (χ4v) is 0.507. The number of halogens is 3. The van der Waals surface area contributed by atoms with Gasteiger partial charge < -0.3 is 0 Å². The Kier molecular flexibility index (Phi) is 4.45. The molecule has 0 aromatic heterocycles. The number of aliphatic imine (C=N–C) groups is 1. The van der Waals surface area contributed by atoms with Crippen LogP contribution in [0.5, 0.6) is 0 Å². The number of rotatable bonds is 3. The van der Waals surface area contributed by atoms with Crippen molar-refractivity contribution in [2.45, 2.75) is 20.0 Å². The van der Waals surface area contributed by atoms with E-state index in [0.29, 0.717) is 5.71 Å². The van der Waals surface area contributed by atoms with Gasteiger partial charge in [0.25, 0.3) is 0 Å². The Morgan fingerprint density at radius 3 is 2.31 bits per heavy atom. The average Bonchev–Trinajstić information content (AvgIpc) is 2.02. The Hall–Kier alpha value is -1.06. The van der Waals surface area contributed by atoms with Crippen molar-refractivity contribution in [1.82, 2.24) is 0 Å². The number of hydrogen-bond donors (Lipinski definition) is 0. The minimum Gasteiger partial charge on any atom is -0.286 e. The number of nitrogens with zero attached hydrogens (tertiary/aromatic N) is 1. The van der Waals surface area contributed by atoms with E-state index in [4.69, 9.17) is 0 Å². The summed E-state index contributed by atoms with van der Waals surface area (Å²) in [6, 6.07) is 0. The van der Waals surface area contributed by atoms with E-state index < -0.39 is 11.7 Å². The molecule has 0 rings (SSSR count). The van der Waals surface area contributed by atoms with Gasteiger partial charge in [-0.25, -0.2) is 0 Å². The molecular weight excluding hydrogens is 179 g/mol. The summed E-state index contributed by atoms with van der Waals surface area (Å²) in [4.78, 5) is 3.82. The molecular formula is C9H12F3N. The Balaban J connectivity index is 4.21. The lowest BCUT2D eigenvalue weighted by molar-refractivity contribution is -0.0914. The minimum atomic E-state index is -4.24. The normalized spacial score (nSPS) is 14.5. The molecule has 4 heteroatoms. The highest BCUT2D eigenvalue weighted by Gasteiger charge is 2.29. The van der Waals surface area contributed by atoms with Crippen molar-refractivity contribution in [1.29, 1.82) is 0 Å². The summed E-state index contributed by atoms with van der Waals surface area (Å²) in [5, 5.41) is 0. The summed E-state index contributed by atoms with van der Waals surface area (Å²) >= 11 is 0.